The standard InChI is InChI=1S/C5H9O5P/c1-2-3-4-5(6)10-11(7,8)9/h2H,1,3-4H2,(H2,7,8,9). The molecule has 0 unspecified atom stereocenters. The van der Waals surface area contributed by atoms with Gasteiger partial charge in [-0.3, -0.25) is 14.6 Å². The van der Waals surface area contributed by atoms with Crippen molar-refractivity contribution in [2.45, 2.75) is 12.8 Å². The summed E-state index contributed by atoms with van der Waals surface area (Å²) in [6.07, 6.45) is 1.74. The maximum Gasteiger partial charge on any atom is 0.526 e. The van der Waals surface area contributed by atoms with Crippen LogP contribution in [-0.4, -0.2) is 15.8 Å². The number of hydrogen-bond donors (Lipinski definition) is 2. The lowest BCUT2D eigenvalue weighted by Crippen LogP contribution is -2.00. The van der Waals surface area contributed by atoms with Gasteiger partial charge in [0.25, 0.3) is 0 Å². The molecule has 64 valence electrons. The monoisotopic (exact) mass is 180 g/mol. The van der Waals surface area contributed by atoms with Crippen LogP contribution < -0.4 is 0 Å². The molecule has 0 heterocycles. The first kappa shape index (κ1) is 10.4. The van der Waals surface area contributed by atoms with Crippen molar-refractivity contribution in [3.05, 3.63) is 12.7 Å². The lowest BCUT2D eigenvalue weighted by Gasteiger charge is -2.02. The third-order valence-electron chi connectivity index (χ3n) is 0.773. The highest BCUT2D eigenvalue weighted by Crippen LogP contribution is 2.36. The Morgan fingerprint density at radius 3 is 2.55 bits per heavy atom. The molecule has 5 nitrogen and oxygen atoms in total. The van der Waals surface area contributed by atoms with Crippen LogP contribution in [0.25, 0.3) is 0 Å². The molecule has 0 fully saturated rings. The molecular formula is C5H9O5P. The Balaban J connectivity index is 3.70. The molecule has 0 amide bonds. The molecule has 0 aliphatic heterocycles. The minimum Gasteiger partial charge on any atom is -0.371 e. The van der Waals surface area contributed by atoms with E-state index < -0.39 is 13.8 Å². The zero-order chi connectivity index (χ0) is 8.91. The van der Waals surface area contributed by atoms with Crippen LogP contribution in [0.1, 0.15) is 12.8 Å². The van der Waals surface area contributed by atoms with Crippen LogP contribution in [0, 0.1) is 0 Å². The minimum atomic E-state index is -4.65. The number of allylic oxidation sites excluding steroid dienone is 1. The summed E-state index contributed by atoms with van der Waals surface area (Å²) in [5, 5.41) is 0. The minimum absolute atomic E-state index is 0.0609. The van der Waals surface area contributed by atoms with E-state index in [1.54, 1.807) is 0 Å². The number of rotatable bonds is 4. The quantitative estimate of drug-likeness (QED) is 0.488. The molecule has 0 aromatic heterocycles. The predicted molar refractivity (Wildman–Crippen MR) is 37.6 cm³/mol. The van der Waals surface area contributed by atoms with E-state index in [-0.39, 0.29) is 6.42 Å². The Labute approximate surface area is 63.9 Å². The van der Waals surface area contributed by atoms with Crippen LogP contribution in [0.3, 0.4) is 0 Å². The molecule has 0 saturated heterocycles. The van der Waals surface area contributed by atoms with E-state index in [1.807, 2.05) is 0 Å². The van der Waals surface area contributed by atoms with Gasteiger partial charge in [0.2, 0.25) is 0 Å². The van der Waals surface area contributed by atoms with Gasteiger partial charge in [0, 0.05) is 6.42 Å². The van der Waals surface area contributed by atoms with Crippen LogP contribution in [-0.2, 0) is 13.9 Å². The first-order valence-electron chi connectivity index (χ1n) is 2.84. The van der Waals surface area contributed by atoms with E-state index in [4.69, 9.17) is 9.79 Å². The summed E-state index contributed by atoms with van der Waals surface area (Å²) in [6, 6.07) is 0. The molecule has 0 atom stereocenters. The first-order valence-corrected chi connectivity index (χ1v) is 4.37. The summed E-state index contributed by atoms with van der Waals surface area (Å²) in [5.74, 6) is -0.918. The Kier molecular flexibility index (Phi) is 4.03. The summed E-state index contributed by atoms with van der Waals surface area (Å²) in [5.41, 5.74) is 0. The first-order chi connectivity index (χ1) is 4.95. The second kappa shape index (κ2) is 4.28. The fourth-order valence-electron chi connectivity index (χ4n) is 0.398. The largest absolute Gasteiger partial charge is 0.526 e. The van der Waals surface area contributed by atoms with Crippen LogP contribution in [0.4, 0.5) is 0 Å². The van der Waals surface area contributed by atoms with Crippen LogP contribution in [0.2, 0.25) is 0 Å². The van der Waals surface area contributed by atoms with Gasteiger partial charge in [0.1, 0.15) is 0 Å². The van der Waals surface area contributed by atoms with Gasteiger partial charge < -0.3 is 4.52 Å². The van der Waals surface area contributed by atoms with Crippen molar-refractivity contribution in [1.82, 2.24) is 0 Å². The van der Waals surface area contributed by atoms with Crippen molar-refractivity contribution >= 4 is 13.8 Å². The van der Waals surface area contributed by atoms with Crippen LogP contribution in [0.15, 0.2) is 12.7 Å². The third kappa shape index (κ3) is 7.25. The second-order valence-electron chi connectivity index (χ2n) is 1.78. The maximum atomic E-state index is 10.5. The fourth-order valence-corrected chi connectivity index (χ4v) is 0.755. The molecule has 6 heteroatoms. The normalized spacial score (nSPS) is 10.7. The molecule has 0 aliphatic rings. The van der Waals surface area contributed by atoms with E-state index in [0.29, 0.717) is 6.42 Å². The van der Waals surface area contributed by atoms with Crippen molar-refractivity contribution in [2.24, 2.45) is 0 Å². The van der Waals surface area contributed by atoms with E-state index in [2.05, 4.69) is 11.1 Å². The highest BCUT2D eigenvalue weighted by molar-refractivity contribution is 7.46. The predicted octanol–water partition coefficient (Wildman–Crippen LogP) is 0.589. The zero-order valence-corrected chi connectivity index (χ0v) is 6.66. The summed E-state index contributed by atoms with van der Waals surface area (Å²) in [4.78, 5) is 26.7. The molecule has 0 rings (SSSR count). The van der Waals surface area contributed by atoms with E-state index >= 15 is 0 Å². The Bertz CT molecular complexity index is 193. The zero-order valence-electron chi connectivity index (χ0n) is 5.77. The molecule has 0 spiro atoms. The average Bonchev–Trinajstić information content (AvgIpc) is 1.79. The number of carbonyl (C=O) groups is 1. The van der Waals surface area contributed by atoms with Crippen molar-refractivity contribution in [1.29, 1.82) is 0 Å². The smallest absolute Gasteiger partial charge is 0.371 e. The molecule has 2 N–H and O–H groups in total. The Morgan fingerprint density at radius 1 is 1.64 bits per heavy atom. The average molecular weight is 180 g/mol. The van der Waals surface area contributed by atoms with Gasteiger partial charge in [0.05, 0.1) is 0 Å². The van der Waals surface area contributed by atoms with Crippen LogP contribution in [0.5, 0.6) is 0 Å². The van der Waals surface area contributed by atoms with E-state index in [9.17, 15) is 9.36 Å². The summed E-state index contributed by atoms with van der Waals surface area (Å²) in [6.45, 7) is 3.33. The number of phosphoric ester groups is 1. The third-order valence-corrected chi connectivity index (χ3v) is 1.21. The molecule has 0 bridgehead atoms. The highest BCUT2D eigenvalue weighted by atomic mass is 31.2. The SMILES string of the molecule is C=CCCC(=O)OP(=O)(O)O. The van der Waals surface area contributed by atoms with E-state index in [1.165, 1.54) is 6.08 Å². The fraction of sp³-hybridized carbons (Fsp3) is 0.400. The lowest BCUT2D eigenvalue weighted by atomic mass is 10.3. The second-order valence-corrected chi connectivity index (χ2v) is 2.94. The summed E-state index contributed by atoms with van der Waals surface area (Å²) in [7, 11) is -4.65. The van der Waals surface area contributed by atoms with Gasteiger partial charge in [-0.2, -0.15) is 0 Å². The molecular weight excluding hydrogens is 171 g/mol. The van der Waals surface area contributed by atoms with Gasteiger partial charge in [-0.1, -0.05) is 6.08 Å². The molecule has 0 aromatic rings. The van der Waals surface area contributed by atoms with Gasteiger partial charge in [-0.05, 0) is 6.42 Å². The number of carbonyl (C=O) groups excluding carboxylic acids is 1. The summed E-state index contributed by atoms with van der Waals surface area (Å²) < 4.78 is 13.8. The Morgan fingerprint density at radius 2 is 2.18 bits per heavy atom. The highest BCUT2D eigenvalue weighted by Gasteiger charge is 2.19. The topological polar surface area (TPSA) is 83.8 Å². The van der Waals surface area contributed by atoms with Gasteiger partial charge in [-0.15, -0.1) is 6.58 Å². The lowest BCUT2D eigenvalue weighted by molar-refractivity contribution is -0.135. The number of hydrogen-bond acceptors (Lipinski definition) is 3. The molecule has 0 aliphatic carbocycles. The van der Waals surface area contributed by atoms with Gasteiger partial charge in [0.15, 0.2) is 0 Å². The van der Waals surface area contributed by atoms with Gasteiger partial charge in [-0.25, -0.2) is 4.57 Å². The molecule has 0 aromatic carbocycles. The molecule has 0 saturated carbocycles. The van der Waals surface area contributed by atoms with Crippen LogP contribution >= 0.6 is 7.82 Å². The van der Waals surface area contributed by atoms with Crippen molar-refractivity contribution in [2.75, 3.05) is 0 Å². The molecule has 11 heavy (non-hydrogen) atoms. The van der Waals surface area contributed by atoms with Crippen molar-refractivity contribution < 1.29 is 23.7 Å². The van der Waals surface area contributed by atoms with Crippen molar-refractivity contribution in [3.8, 4) is 0 Å². The van der Waals surface area contributed by atoms with E-state index in [0.717, 1.165) is 0 Å². The number of phosphoric acid groups is 1. The Hall–Kier alpha value is -0.640. The summed E-state index contributed by atoms with van der Waals surface area (Å²) >= 11 is 0. The maximum absolute atomic E-state index is 10.5. The molecule has 0 radical (unpaired) electrons. The van der Waals surface area contributed by atoms with Gasteiger partial charge >= 0.3 is 13.8 Å². The van der Waals surface area contributed by atoms with Crippen molar-refractivity contribution in [3.63, 3.8) is 0 Å².